The molecule has 0 spiro atoms. The van der Waals surface area contributed by atoms with E-state index in [-0.39, 0.29) is 37.1 Å². The molecule has 2 heterocycles. The van der Waals surface area contributed by atoms with Crippen molar-refractivity contribution in [1.82, 2.24) is 74.1 Å². The van der Waals surface area contributed by atoms with Gasteiger partial charge in [-0.3, -0.25) is 81.5 Å². The van der Waals surface area contributed by atoms with Gasteiger partial charge in [0.2, 0.25) is 82.7 Å². The van der Waals surface area contributed by atoms with Gasteiger partial charge in [-0.15, -0.1) is 0 Å². The summed E-state index contributed by atoms with van der Waals surface area (Å²) >= 11 is 0. The number of nitrogens with two attached hydrogens (primary N) is 2. The number of esters is 1. The van der Waals surface area contributed by atoms with Crippen molar-refractivity contribution in [3.8, 4) is 0 Å². The zero-order chi connectivity index (χ0) is 85.3. The van der Waals surface area contributed by atoms with E-state index in [1.807, 2.05) is 24.3 Å². The molecule has 1 unspecified atom stereocenters. The molecule has 1 fully saturated rings. The monoisotopic (exact) mass is 1610 g/mol. The van der Waals surface area contributed by atoms with Crippen LogP contribution in [0.15, 0.2) is 85.1 Å². The average molecular weight is 1610 g/mol. The Hall–Kier alpha value is -12.7. The number of primary amides is 1. The van der Waals surface area contributed by atoms with Crippen LogP contribution in [-0.2, 0) is 99.1 Å². The van der Waals surface area contributed by atoms with Crippen molar-refractivity contribution < 1.29 is 106 Å². The Labute approximate surface area is 661 Å². The van der Waals surface area contributed by atoms with Gasteiger partial charge in [-0.2, -0.15) is 0 Å². The van der Waals surface area contributed by atoms with Crippen LogP contribution in [0.5, 0.6) is 0 Å². The van der Waals surface area contributed by atoms with E-state index in [0.29, 0.717) is 22.0 Å². The van der Waals surface area contributed by atoms with Gasteiger partial charge in [0.15, 0.2) is 5.78 Å². The average Bonchev–Trinajstić information content (AvgIpc) is 1.73. The first-order valence-electron chi connectivity index (χ1n) is 37.2. The number of benzene rings is 3. The van der Waals surface area contributed by atoms with Gasteiger partial charge in [0, 0.05) is 54.3 Å². The maximum atomic E-state index is 14.9. The number of rotatable bonds is 30. The van der Waals surface area contributed by atoms with E-state index in [4.69, 9.17) is 16.2 Å². The number of aryl methyl sites for hydroxylation is 1. The van der Waals surface area contributed by atoms with Crippen molar-refractivity contribution >= 4 is 129 Å². The lowest BCUT2D eigenvalue weighted by atomic mass is 9.95. The number of aliphatic carboxylic acids is 2. The van der Waals surface area contributed by atoms with Crippen LogP contribution in [-0.4, -0.2) is 233 Å². The maximum absolute atomic E-state index is 14.9. The van der Waals surface area contributed by atoms with Gasteiger partial charge in [-0.05, 0) is 113 Å². The Morgan fingerprint density at radius 3 is 1.84 bits per heavy atom. The number of H-pyrrole nitrogens is 1. The van der Waals surface area contributed by atoms with Gasteiger partial charge >= 0.3 is 17.9 Å². The number of cyclic esters (lactones) is 1. The number of para-hydroxylation sites is 2. The van der Waals surface area contributed by atoms with Gasteiger partial charge in [0.1, 0.15) is 72.6 Å². The Morgan fingerprint density at radius 1 is 0.617 bits per heavy atom. The molecule has 5 rings (SSSR count). The van der Waals surface area contributed by atoms with E-state index in [0.717, 1.165) is 64.5 Å². The number of ether oxygens (including phenoxy) is 1. The van der Waals surface area contributed by atoms with Crippen LogP contribution in [0.25, 0.3) is 16.5 Å². The lowest BCUT2D eigenvalue weighted by molar-refractivity contribution is -0.156. The highest BCUT2D eigenvalue weighted by Crippen LogP contribution is 2.23. The molecule has 1 saturated heterocycles. The first-order chi connectivity index (χ1) is 54.5. The van der Waals surface area contributed by atoms with Crippen molar-refractivity contribution in [3.63, 3.8) is 0 Å². The van der Waals surface area contributed by atoms with Crippen molar-refractivity contribution in [3.05, 3.63) is 107 Å². The highest BCUT2D eigenvalue weighted by molar-refractivity contribution is 6.05. The van der Waals surface area contributed by atoms with Crippen LogP contribution in [0.1, 0.15) is 133 Å². The number of carbonyl (C=O) groups excluding carboxylic acids is 16. The van der Waals surface area contributed by atoms with Gasteiger partial charge < -0.3 is 111 Å². The summed E-state index contributed by atoms with van der Waals surface area (Å²) < 4.78 is 5.79. The lowest BCUT2D eigenvalue weighted by Crippen LogP contribution is -2.61. The number of carbonyl (C=O) groups is 18. The fourth-order valence-electron chi connectivity index (χ4n) is 11.9. The summed E-state index contributed by atoms with van der Waals surface area (Å²) in [5.41, 5.74) is 15.1. The Balaban J connectivity index is 1.55. The molecular formula is C76H103N17O22. The molecule has 39 nitrogen and oxygen atoms in total. The van der Waals surface area contributed by atoms with Crippen LogP contribution in [0.4, 0.5) is 5.69 Å². The number of amides is 14. The highest BCUT2D eigenvalue weighted by Gasteiger charge is 2.40. The predicted octanol–water partition coefficient (Wildman–Crippen LogP) is -3.38. The molecule has 624 valence electrons. The van der Waals surface area contributed by atoms with Crippen LogP contribution in [0.3, 0.4) is 0 Å². The number of nitrogens with one attached hydrogen (secondary N) is 15. The zero-order valence-corrected chi connectivity index (χ0v) is 64.9. The molecule has 3 aromatic carbocycles. The molecule has 14 amide bonds. The summed E-state index contributed by atoms with van der Waals surface area (Å²) in [7, 11) is 1.45. The normalized spacial score (nSPS) is 21.4. The number of aliphatic hydroxyl groups excluding tert-OH is 1. The minimum absolute atomic E-state index is 0.0438. The number of Topliss-reactive ketones (excluding diaryl/α,β-unsaturated/α-hetero) is 1. The van der Waals surface area contributed by atoms with E-state index < -0.39 is 230 Å². The number of allylic oxidation sites excluding steroid dienone is 1. The molecule has 4 aromatic rings. The summed E-state index contributed by atoms with van der Waals surface area (Å²) in [4.78, 5) is 251. The smallest absolute Gasteiger partial charge is 0.329 e. The molecule has 0 saturated carbocycles. The van der Waals surface area contributed by atoms with E-state index in [1.54, 1.807) is 43.5 Å². The number of hydrogen-bond donors (Lipinski definition) is 20. The zero-order valence-electron chi connectivity index (χ0n) is 64.9. The molecule has 22 N–H and O–H groups in total. The first kappa shape index (κ1) is 92.9. The third kappa shape index (κ3) is 29.7. The van der Waals surface area contributed by atoms with E-state index in [1.165, 1.54) is 38.2 Å². The molecule has 115 heavy (non-hydrogen) atoms. The Kier molecular flexibility index (Phi) is 37.0. The molecular weight excluding hydrogens is 1500 g/mol. The molecule has 0 aliphatic carbocycles. The van der Waals surface area contributed by atoms with Crippen molar-refractivity contribution in [2.24, 2.45) is 17.4 Å². The number of carboxylic acid groups (broad SMARTS) is 2. The summed E-state index contributed by atoms with van der Waals surface area (Å²) in [5.74, 6) is -23.5. The molecule has 0 radical (unpaired) electrons. The lowest BCUT2D eigenvalue weighted by Gasteiger charge is -2.29. The minimum Gasteiger partial charge on any atom is -0.481 e. The summed E-state index contributed by atoms with van der Waals surface area (Å²) in [6.07, 6.45) is 0.649. The van der Waals surface area contributed by atoms with Gasteiger partial charge in [-0.1, -0.05) is 81.3 Å². The number of carboxylic acids is 2. The van der Waals surface area contributed by atoms with E-state index in [9.17, 15) is 102 Å². The minimum atomic E-state index is -2.20. The summed E-state index contributed by atoms with van der Waals surface area (Å²) in [6.45, 7) is 5.90. The third-order valence-corrected chi connectivity index (χ3v) is 18.4. The summed E-state index contributed by atoms with van der Waals surface area (Å²) in [6, 6.07) is 0.363. The molecule has 1 aliphatic heterocycles. The van der Waals surface area contributed by atoms with E-state index >= 15 is 0 Å². The Bertz CT molecular complexity index is 4240. The number of aliphatic hydroxyl groups is 1. The number of unbranched alkanes of at least 4 members (excludes halogenated alkanes) is 2. The molecule has 0 bridgehead atoms. The molecule has 13 atom stereocenters. The summed E-state index contributed by atoms with van der Waals surface area (Å²) in [5, 5.41) is 63.2. The SMILES string of the molecule is CCCCCc1ccc(/C(C)=C/C(=O)N[C@@H](Cc2c[nH]c3ccccc23)C(=O)N[C@H](CC(N)=O)C(=O)N[C@@H](C)C(=O)N[C@@H]2C(=O)NCC(=O)N[C@@H](CCCN)C(=O)N[C@@H](C)C(=O)N[C@H](C)C(=O)N[C@@H](CC(=O)O)C(=O)NCC(=O)N[C@H](CO)C(=O)N[C@@H](C(C)CC(=O)O)C(=O)N[C@@H](CC(=O)c3ccccc3NC)C(=O)O[C@@H]2C)cc1. The van der Waals surface area contributed by atoms with Crippen LogP contribution >= 0.6 is 0 Å². The van der Waals surface area contributed by atoms with Crippen LogP contribution in [0.2, 0.25) is 0 Å². The van der Waals surface area contributed by atoms with Gasteiger partial charge in [0.25, 0.3) is 0 Å². The number of anilines is 1. The van der Waals surface area contributed by atoms with Crippen LogP contribution < -0.4 is 85.9 Å². The van der Waals surface area contributed by atoms with E-state index in [2.05, 4.69) is 86.3 Å². The first-order valence-corrected chi connectivity index (χ1v) is 37.2. The van der Waals surface area contributed by atoms with Crippen molar-refractivity contribution in [2.45, 2.75) is 192 Å². The quantitative estimate of drug-likeness (QED) is 0.0105. The third-order valence-electron chi connectivity index (χ3n) is 18.4. The number of hydrogen-bond acceptors (Lipinski definition) is 22. The fourth-order valence-corrected chi connectivity index (χ4v) is 11.9. The number of ketones is 1. The topological polar surface area (TPSA) is 613 Å². The van der Waals surface area contributed by atoms with Gasteiger partial charge in [0.05, 0.1) is 39.0 Å². The molecule has 1 aliphatic rings. The highest BCUT2D eigenvalue weighted by atomic mass is 16.5. The Morgan fingerprint density at radius 2 is 1.22 bits per heavy atom. The second-order valence-electron chi connectivity index (χ2n) is 27.7. The molecule has 1 aromatic heterocycles. The number of fused-ring (bicyclic) bond motifs is 1. The standard InChI is InChI=1S/C76H103N17O22/c1-9-10-11-17-44-23-25-45(26-24-44)38(2)28-59(97)87-52(30-46-34-80-50-21-15-12-18-47(46)50)72(110)90-53(32-58(78)96)71(109)85-42(6)68(106)93-65-43(7)115-76(114)55(31-57(95)48-19-13-14-20-49(48)79-8)91-75(113)64(39(3)29-62(100)101)92-73(111)56(37-94)88-61(99)35-81-69(107)54(33-63(102)103)89-67(105)41(5)83-66(104)40(4)84-70(108)51(22-16-27-77)86-60(98)36-82-74(65)112/h12-15,18-21,23-26,28,34,39-43,51-56,64-65,79-80,94H,9-11,16-17,22,27,29-33,35-37,77H2,1-8H3,(H2,78,96)(H,81,107)(H,82,112)(H,83,104)(H,84,108)(H,85,109)(H,86,98)(H,87,97)(H,88,99)(H,89,105)(H,90,110)(H,91,113)(H,92,111)(H,93,106)(H,100,101)(H,102,103)/b38-28+/t39?,40-,41+,42-,43+,51-,52-,53+,54-,55-,56+,64-,65-/m0/s1. The number of aromatic nitrogens is 1. The second kappa shape index (κ2) is 45.7. The van der Waals surface area contributed by atoms with Crippen molar-refractivity contribution in [2.75, 3.05) is 38.6 Å². The second-order valence-corrected chi connectivity index (χ2v) is 27.7. The number of aromatic amines is 1. The largest absolute Gasteiger partial charge is 0.481 e. The van der Waals surface area contributed by atoms with Gasteiger partial charge in [-0.25, -0.2) is 4.79 Å². The predicted molar refractivity (Wildman–Crippen MR) is 413 cm³/mol. The fraction of sp³-hybridized carbons (Fsp3) is 0.474. The molecule has 39 heteroatoms. The van der Waals surface area contributed by atoms with Crippen LogP contribution in [0, 0.1) is 5.92 Å². The van der Waals surface area contributed by atoms with Crippen molar-refractivity contribution in [1.29, 1.82) is 0 Å². The maximum Gasteiger partial charge on any atom is 0.329 e.